The van der Waals surface area contributed by atoms with Crippen LogP contribution in [-0.2, 0) is 0 Å². The summed E-state index contributed by atoms with van der Waals surface area (Å²) in [4.78, 5) is 17.2. The Morgan fingerprint density at radius 3 is 2.77 bits per heavy atom. The molecule has 4 rings (SSSR count). The van der Waals surface area contributed by atoms with E-state index in [4.69, 9.17) is 13.9 Å². The average molecular weight is 425 g/mol. The second-order valence-electron chi connectivity index (χ2n) is 6.22. The second kappa shape index (κ2) is 8.29. The molecule has 0 aliphatic carbocycles. The predicted octanol–water partition coefficient (Wildman–Crippen LogP) is 4.56. The van der Waals surface area contributed by atoms with E-state index in [2.05, 4.69) is 20.7 Å². The lowest BCUT2D eigenvalue weighted by molar-refractivity contribution is 0.262. The van der Waals surface area contributed by atoms with Crippen LogP contribution in [0.5, 0.6) is 11.5 Å². The first-order valence-electron chi connectivity index (χ1n) is 8.94. The molecule has 3 aromatic heterocycles. The van der Waals surface area contributed by atoms with Crippen LogP contribution in [0.2, 0.25) is 0 Å². The van der Waals surface area contributed by atoms with E-state index < -0.39 is 6.03 Å². The molecule has 0 aliphatic heterocycles. The largest absolute Gasteiger partial charge is 0.497 e. The first-order chi connectivity index (χ1) is 14.6. The third-order valence-electron chi connectivity index (χ3n) is 4.18. The third-order valence-corrected chi connectivity index (χ3v) is 4.99. The van der Waals surface area contributed by atoms with E-state index in [0.29, 0.717) is 39.6 Å². The van der Waals surface area contributed by atoms with Gasteiger partial charge in [-0.15, -0.1) is 11.3 Å². The Morgan fingerprint density at radius 2 is 2.03 bits per heavy atom. The van der Waals surface area contributed by atoms with Crippen LogP contribution in [-0.4, -0.2) is 35.0 Å². The Balaban J connectivity index is 1.54. The highest BCUT2D eigenvalue weighted by Crippen LogP contribution is 2.30. The van der Waals surface area contributed by atoms with E-state index in [1.165, 1.54) is 18.4 Å². The van der Waals surface area contributed by atoms with Crippen LogP contribution in [0.3, 0.4) is 0 Å². The molecule has 9 nitrogen and oxygen atoms in total. The molecule has 0 saturated heterocycles. The summed E-state index contributed by atoms with van der Waals surface area (Å²) in [6.07, 6.45) is 1.59. The number of carbonyl (C=O) groups excluding carboxylic acids is 1. The summed E-state index contributed by atoms with van der Waals surface area (Å²) in [5.41, 5.74) is 1.95. The molecule has 10 heteroatoms. The molecule has 3 heterocycles. The monoisotopic (exact) mass is 425 g/mol. The topological polar surface area (TPSA) is 103 Å². The highest BCUT2D eigenvalue weighted by atomic mass is 32.1. The number of nitrogens with zero attached hydrogens (tertiary/aromatic N) is 3. The zero-order valence-electron chi connectivity index (χ0n) is 16.5. The summed E-state index contributed by atoms with van der Waals surface area (Å²) in [6.45, 7) is 1.84. The van der Waals surface area contributed by atoms with Gasteiger partial charge in [-0.05, 0) is 31.2 Å². The van der Waals surface area contributed by atoms with Gasteiger partial charge in [0.15, 0.2) is 5.76 Å². The van der Waals surface area contributed by atoms with Crippen molar-refractivity contribution in [3.8, 4) is 28.1 Å². The van der Waals surface area contributed by atoms with Crippen molar-refractivity contribution in [2.45, 2.75) is 6.92 Å². The number of furan rings is 1. The number of aromatic nitrogens is 3. The fourth-order valence-electron chi connectivity index (χ4n) is 2.81. The third kappa shape index (κ3) is 3.98. The molecule has 0 unspecified atom stereocenters. The molecule has 0 spiro atoms. The number of hydrogen-bond acceptors (Lipinski definition) is 7. The minimum Gasteiger partial charge on any atom is -0.497 e. The molecule has 4 aromatic rings. The highest BCUT2D eigenvalue weighted by molar-refractivity contribution is 7.12. The van der Waals surface area contributed by atoms with Gasteiger partial charge in [-0.3, -0.25) is 5.32 Å². The van der Waals surface area contributed by atoms with Crippen molar-refractivity contribution >= 4 is 28.9 Å². The molecule has 1 aromatic carbocycles. The Labute approximate surface area is 176 Å². The van der Waals surface area contributed by atoms with Gasteiger partial charge in [0, 0.05) is 17.5 Å². The van der Waals surface area contributed by atoms with Gasteiger partial charge in [-0.2, -0.15) is 9.78 Å². The molecule has 0 radical (unpaired) electrons. The van der Waals surface area contributed by atoms with Gasteiger partial charge in [-0.1, -0.05) is 0 Å². The molecule has 0 aliphatic rings. The van der Waals surface area contributed by atoms with Gasteiger partial charge >= 0.3 is 6.03 Å². The van der Waals surface area contributed by atoms with Crippen LogP contribution in [0, 0.1) is 6.92 Å². The fraction of sp³-hybridized carbons (Fsp3) is 0.150. The zero-order chi connectivity index (χ0) is 21.1. The van der Waals surface area contributed by atoms with E-state index in [1.807, 2.05) is 18.4 Å². The van der Waals surface area contributed by atoms with Gasteiger partial charge in [0.05, 0.1) is 31.9 Å². The molecule has 30 heavy (non-hydrogen) atoms. The molecule has 154 valence electrons. The second-order valence-corrected chi connectivity index (χ2v) is 7.06. The van der Waals surface area contributed by atoms with Crippen LogP contribution in [0.4, 0.5) is 16.3 Å². The van der Waals surface area contributed by atoms with E-state index >= 15 is 0 Å². The Kier molecular flexibility index (Phi) is 5.40. The molecule has 0 saturated carbocycles. The first kappa shape index (κ1) is 19.5. The van der Waals surface area contributed by atoms with Crippen LogP contribution >= 0.6 is 11.3 Å². The Morgan fingerprint density at radius 1 is 1.17 bits per heavy atom. The number of amides is 2. The molecule has 2 amide bonds. The molecule has 0 fully saturated rings. The van der Waals surface area contributed by atoms with Crippen molar-refractivity contribution in [3.63, 3.8) is 0 Å². The minimum atomic E-state index is -0.442. The standard InChI is InChI=1S/C20H19N5O4S/c1-12-9-18(23-19(26)21-14-7-6-13(27-2)10-17(14)28-3)25(24-12)20-22-15(11-30-20)16-5-4-8-29-16/h4-11H,1-3H3,(H2,21,23,26). The number of aryl methyl sites for hydroxylation is 1. The number of thiazole rings is 1. The summed E-state index contributed by atoms with van der Waals surface area (Å²) >= 11 is 1.39. The van der Waals surface area contributed by atoms with Crippen LogP contribution in [0.15, 0.2) is 52.5 Å². The number of benzene rings is 1. The van der Waals surface area contributed by atoms with Crippen molar-refractivity contribution in [1.29, 1.82) is 0 Å². The van der Waals surface area contributed by atoms with Gasteiger partial charge in [0.1, 0.15) is 23.0 Å². The number of anilines is 2. The van der Waals surface area contributed by atoms with Gasteiger partial charge in [0.2, 0.25) is 5.13 Å². The maximum absolute atomic E-state index is 12.6. The number of ether oxygens (including phenoxy) is 2. The summed E-state index contributed by atoms with van der Waals surface area (Å²) in [5.74, 6) is 2.26. The molecule has 0 bridgehead atoms. The molecule has 0 atom stereocenters. The molecular weight excluding hydrogens is 406 g/mol. The van der Waals surface area contributed by atoms with Crippen molar-refractivity contribution in [1.82, 2.24) is 14.8 Å². The van der Waals surface area contributed by atoms with E-state index in [0.717, 1.165) is 5.69 Å². The van der Waals surface area contributed by atoms with Crippen LogP contribution in [0.1, 0.15) is 5.69 Å². The first-order valence-corrected chi connectivity index (χ1v) is 9.82. The minimum absolute atomic E-state index is 0.442. The number of rotatable bonds is 6. The molecule has 2 N–H and O–H groups in total. The number of nitrogens with one attached hydrogen (secondary N) is 2. The number of carbonyl (C=O) groups is 1. The van der Waals surface area contributed by atoms with Crippen molar-refractivity contribution in [3.05, 3.63) is 53.7 Å². The number of urea groups is 1. The zero-order valence-corrected chi connectivity index (χ0v) is 17.3. The normalized spacial score (nSPS) is 10.6. The maximum atomic E-state index is 12.6. The van der Waals surface area contributed by atoms with Crippen LogP contribution < -0.4 is 20.1 Å². The fourth-order valence-corrected chi connectivity index (χ4v) is 3.58. The smallest absolute Gasteiger partial charge is 0.324 e. The van der Waals surface area contributed by atoms with Gasteiger partial charge in [0.25, 0.3) is 0 Å². The summed E-state index contributed by atoms with van der Waals surface area (Å²) < 4.78 is 17.5. The highest BCUT2D eigenvalue weighted by Gasteiger charge is 2.16. The van der Waals surface area contributed by atoms with Gasteiger partial charge in [-0.25, -0.2) is 9.78 Å². The summed E-state index contributed by atoms with van der Waals surface area (Å²) in [5, 5.41) is 12.5. The summed E-state index contributed by atoms with van der Waals surface area (Å²) in [6, 6.07) is 10.1. The lowest BCUT2D eigenvalue weighted by atomic mass is 10.2. The van der Waals surface area contributed by atoms with Crippen LogP contribution in [0.25, 0.3) is 16.6 Å². The van der Waals surface area contributed by atoms with Crippen molar-refractivity contribution in [2.75, 3.05) is 24.9 Å². The van der Waals surface area contributed by atoms with E-state index in [9.17, 15) is 4.79 Å². The van der Waals surface area contributed by atoms with Crippen molar-refractivity contribution in [2.24, 2.45) is 0 Å². The maximum Gasteiger partial charge on any atom is 0.324 e. The van der Waals surface area contributed by atoms with Gasteiger partial charge < -0.3 is 19.2 Å². The quantitative estimate of drug-likeness (QED) is 0.469. The Hall–Kier alpha value is -3.79. The predicted molar refractivity (Wildman–Crippen MR) is 114 cm³/mol. The lowest BCUT2D eigenvalue weighted by Gasteiger charge is -2.12. The molecular formula is C20H19N5O4S. The average Bonchev–Trinajstić information content (AvgIpc) is 3.48. The lowest BCUT2D eigenvalue weighted by Crippen LogP contribution is -2.21. The number of methoxy groups -OCH3 is 2. The van der Waals surface area contributed by atoms with Crippen molar-refractivity contribution < 1.29 is 18.7 Å². The Bertz CT molecular complexity index is 1170. The van der Waals surface area contributed by atoms with E-state index in [-0.39, 0.29) is 0 Å². The van der Waals surface area contributed by atoms with E-state index in [1.54, 1.807) is 48.4 Å². The SMILES string of the molecule is COc1ccc(NC(=O)Nc2cc(C)nn2-c2nc(-c3ccco3)cs2)c(OC)c1. The number of hydrogen-bond donors (Lipinski definition) is 2. The summed E-state index contributed by atoms with van der Waals surface area (Å²) in [7, 11) is 3.09.